The van der Waals surface area contributed by atoms with Crippen LogP contribution in [0.2, 0.25) is 5.15 Å². The lowest BCUT2D eigenvalue weighted by atomic mass is 9.86. The number of alkyl halides is 2. The molecule has 1 aliphatic rings. The highest BCUT2D eigenvalue weighted by Gasteiger charge is 2.34. The van der Waals surface area contributed by atoms with Crippen LogP contribution < -0.4 is 10.1 Å². The van der Waals surface area contributed by atoms with Gasteiger partial charge in [0.2, 0.25) is 0 Å². The standard InChI is InChI=1S/C25H35ClF2N4O5S/c1-6-19-31-20(23(34)30-13-15-7-8-16(10-17(15)33)38(5,35)36)21(26)32(19)22-18(37-24(27)28)9-14(12-29-22)11-25(2,3)4/h9,12,15-17,24,33H,6-8,10-11,13H2,1-5H3,(H,30,34)/t15-,16+,17+/m0/s1. The van der Waals surface area contributed by atoms with Crippen LogP contribution in [0.4, 0.5) is 8.78 Å². The number of amides is 1. The molecule has 38 heavy (non-hydrogen) atoms. The van der Waals surface area contributed by atoms with Crippen LogP contribution in [-0.4, -0.2) is 64.7 Å². The minimum atomic E-state index is -3.26. The van der Waals surface area contributed by atoms with E-state index in [1.165, 1.54) is 10.6 Å². The molecule has 1 fully saturated rings. The van der Waals surface area contributed by atoms with Gasteiger partial charge in [-0.1, -0.05) is 39.3 Å². The number of halogens is 3. The number of aryl methyl sites for hydroxylation is 1. The predicted molar refractivity (Wildman–Crippen MR) is 140 cm³/mol. The Morgan fingerprint density at radius 1 is 1.34 bits per heavy atom. The zero-order valence-electron chi connectivity index (χ0n) is 22.2. The fourth-order valence-electron chi connectivity index (χ4n) is 4.69. The van der Waals surface area contributed by atoms with Crippen molar-refractivity contribution in [2.75, 3.05) is 12.8 Å². The summed E-state index contributed by atoms with van der Waals surface area (Å²) in [5.74, 6) is -0.809. The van der Waals surface area contributed by atoms with Crippen LogP contribution in [0, 0.1) is 11.3 Å². The van der Waals surface area contributed by atoms with Crippen LogP contribution in [-0.2, 0) is 22.7 Å². The predicted octanol–water partition coefficient (Wildman–Crippen LogP) is 3.98. The summed E-state index contributed by atoms with van der Waals surface area (Å²) in [5.41, 5.74) is 0.467. The first kappa shape index (κ1) is 30.2. The summed E-state index contributed by atoms with van der Waals surface area (Å²) in [7, 11) is -3.26. The van der Waals surface area contributed by atoms with Crippen molar-refractivity contribution < 1.29 is 31.8 Å². The maximum atomic E-state index is 13.3. The number of carbonyl (C=O) groups is 1. The Kier molecular flexibility index (Phi) is 9.41. The molecule has 13 heteroatoms. The number of carbonyl (C=O) groups excluding carboxylic acids is 1. The van der Waals surface area contributed by atoms with Crippen molar-refractivity contribution in [3.8, 4) is 11.6 Å². The van der Waals surface area contributed by atoms with E-state index in [-0.39, 0.29) is 46.7 Å². The maximum absolute atomic E-state index is 13.3. The lowest BCUT2D eigenvalue weighted by Crippen LogP contribution is -2.41. The van der Waals surface area contributed by atoms with Gasteiger partial charge in [0.15, 0.2) is 17.3 Å². The summed E-state index contributed by atoms with van der Waals surface area (Å²) in [6.07, 6.45) is 3.66. The van der Waals surface area contributed by atoms with E-state index in [1.54, 1.807) is 13.1 Å². The molecular formula is C25H35ClF2N4O5S. The molecule has 0 aliphatic heterocycles. The van der Waals surface area contributed by atoms with E-state index in [1.807, 2.05) is 20.8 Å². The molecule has 3 atom stereocenters. The van der Waals surface area contributed by atoms with Crippen LogP contribution in [0.25, 0.3) is 5.82 Å². The first-order chi connectivity index (χ1) is 17.6. The molecule has 2 aromatic rings. The van der Waals surface area contributed by atoms with E-state index in [0.717, 1.165) is 6.26 Å². The van der Waals surface area contributed by atoms with Gasteiger partial charge in [-0.3, -0.25) is 9.36 Å². The van der Waals surface area contributed by atoms with Crippen molar-refractivity contribution in [3.05, 3.63) is 34.5 Å². The molecular weight excluding hydrogens is 542 g/mol. The van der Waals surface area contributed by atoms with Crippen LogP contribution in [0.15, 0.2) is 12.3 Å². The lowest BCUT2D eigenvalue weighted by molar-refractivity contribution is -0.0501. The molecule has 9 nitrogen and oxygen atoms in total. The van der Waals surface area contributed by atoms with Gasteiger partial charge in [-0.2, -0.15) is 8.78 Å². The Morgan fingerprint density at radius 3 is 2.58 bits per heavy atom. The molecule has 212 valence electrons. The van der Waals surface area contributed by atoms with Gasteiger partial charge in [0, 0.05) is 31.3 Å². The summed E-state index contributed by atoms with van der Waals surface area (Å²) in [6.45, 7) is 4.81. The highest BCUT2D eigenvalue weighted by Crippen LogP contribution is 2.33. The normalized spacial score (nSPS) is 20.5. The monoisotopic (exact) mass is 576 g/mol. The third kappa shape index (κ3) is 7.41. The number of pyridine rings is 1. The molecule has 1 amide bonds. The van der Waals surface area contributed by atoms with Gasteiger partial charge in [-0.25, -0.2) is 18.4 Å². The first-order valence-corrected chi connectivity index (χ1v) is 14.8. The van der Waals surface area contributed by atoms with E-state index >= 15 is 0 Å². The summed E-state index contributed by atoms with van der Waals surface area (Å²) in [4.78, 5) is 21.7. The van der Waals surface area contributed by atoms with Crippen LogP contribution >= 0.6 is 11.6 Å². The van der Waals surface area contributed by atoms with Crippen LogP contribution in [0.1, 0.15) is 68.8 Å². The number of aliphatic hydroxyl groups is 1. The Morgan fingerprint density at radius 2 is 2.03 bits per heavy atom. The molecule has 3 rings (SSSR count). The third-order valence-electron chi connectivity index (χ3n) is 6.51. The molecule has 1 aliphatic carbocycles. The van der Waals surface area contributed by atoms with Crippen molar-refractivity contribution in [2.45, 2.75) is 77.8 Å². The molecule has 0 unspecified atom stereocenters. The molecule has 0 aromatic carbocycles. The summed E-state index contributed by atoms with van der Waals surface area (Å²) < 4.78 is 56.3. The molecule has 0 spiro atoms. The quantitative estimate of drug-likeness (QED) is 0.463. The van der Waals surface area contributed by atoms with Gasteiger partial charge in [0.05, 0.1) is 11.4 Å². The first-order valence-electron chi connectivity index (χ1n) is 12.5. The Balaban J connectivity index is 1.85. The van der Waals surface area contributed by atoms with E-state index in [9.17, 15) is 27.1 Å². The second kappa shape index (κ2) is 11.8. The van der Waals surface area contributed by atoms with Crippen molar-refractivity contribution in [2.24, 2.45) is 11.3 Å². The van der Waals surface area contributed by atoms with Crippen molar-refractivity contribution in [1.29, 1.82) is 0 Å². The van der Waals surface area contributed by atoms with Crippen molar-refractivity contribution in [3.63, 3.8) is 0 Å². The Hall–Kier alpha value is -2.31. The van der Waals surface area contributed by atoms with E-state index in [4.69, 9.17) is 16.3 Å². The van der Waals surface area contributed by atoms with E-state index in [2.05, 4.69) is 15.3 Å². The van der Waals surface area contributed by atoms with Crippen molar-refractivity contribution >= 4 is 27.3 Å². The van der Waals surface area contributed by atoms with E-state index < -0.39 is 33.7 Å². The highest BCUT2D eigenvalue weighted by molar-refractivity contribution is 7.91. The molecule has 0 radical (unpaired) electrons. The number of hydrogen-bond donors (Lipinski definition) is 2. The second-order valence-corrected chi connectivity index (χ2v) is 13.6. The number of aliphatic hydroxyl groups excluding tert-OH is 1. The number of sulfone groups is 1. The summed E-state index contributed by atoms with van der Waals surface area (Å²) in [6, 6.07) is 1.49. The van der Waals surface area contributed by atoms with Gasteiger partial charge in [-0.05, 0) is 42.7 Å². The summed E-state index contributed by atoms with van der Waals surface area (Å²) >= 11 is 6.55. The van der Waals surface area contributed by atoms with Gasteiger partial charge < -0.3 is 15.2 Å². The minimum absolute atomic E-state index is 0.00845. The fourth-order valence-corrected chi connectivity index (χ4v) is 6.10. The smallest absolute Gasteiger partial charge is 0.387 e. The van der Waals surface area contributed by atoms with Gasteiger partial charge >= 0.3 is 6.61 Å². The minimum Gasteiger partial charge on any atom is -0.431 e. The lowest BCUT2D eigenvalue weighted by Gasteiger charge is -2.32. The highest BCUT2D eigenvalue weighted by atomic mass is 35.5. The maximum Gasteiger partial charge on any atom is 0.387 e. The number of hydrogen-bond acceptors (Lipinski definition) is 7. The Labute approximate surface area is 226 Å². The van der Waals surface area contributed by atoms with Crippen LogP contribution in [0.3, 0.4) is 0 Å². The van der Waals surface area contributed by atoms with Gasteiger partial charge in [-0.15, -0.1) is 0 Å². The van der Waals surface area contributed by atoms with E-state index in [0.29, 0.717) is 37.1 Å². The average molecular weight is 577 g/mol. The molecule has 2 heterocycles. The molecule has 0 saturated heterocycles. The molecule has 0 bridgehead atoms. The number of aromatic nitrogens is 3. The SMILES string of the molecule is CCc1nc(C(=O)NC[C@@H]2CC[C@@H](S(C)(=O)=O)C[C@H]2O)c(Cl)n1-c1ncc(CC(C)(C)C)cc1OC(F)F. The largest absolute Gasteiger partial charge is 0.431 e. The number of imidazole rings is 1. The van der Waals surface area contributed by atoms with Crippen molar-refractivity contribution in [1.82, 2.24) is 19.9 Å². The fraction of sp³-hybridized carbons (Fsp3) is 0.640. The number of nitrogens with one attached hydrogen (secondary N) is 1. The zero-order valence-corrected chi connectivity index (χ0v) is 23.7. The number of ether oxygens (including phenoxy) is 1. The van der Waals surface area contributed by atoms with Crippen LogP contribution in [0.5, 0.6) is 5.75 Å². The zero-order chi connectivity index (χ0) is 28.4. The topological polar surface area (TPSA) is 123 Å². The summed E-state index contributed by atoms with van der Waals surface area (Å²) in [5, 5.41) is 12.4. The molecule has 1 saturated carbocycles. The van der Waals surface area contributed by atoms with Gasteiger partial charge in [0.25, 0.3) is 5.91 Å². The molecule has 2 aromatic heterocycles. The Bertz CT molecular complexity index is 1260. The second-order valence-electron chi connectivity index (χ2n) is 10.9. The number of rotatable bonds is 9. The van der Waals surface area contributed by atoms with Gasteiger partial charge in [0.1, 0.15) is 20.8 Å². The average Bonchev–Trinajstić information content (AvgIpc) is 3.12. The third-order valence-corrected chi connectivity index (χ3v) is 8.50. The molecule has 2 N–H and O–H groups in total. The number of nitrogens with zero attached hydrogens (tertiary/aromatic N) is 3.